The lowest BCUT2D eigenvalue weighted by atomic mass is 10.2. The third-order valence-electron chi connectivity index (χ3n) is 5.40. The van der Waals surface area contributed by atoms with E-state index in [9.17, 15) is 0 Å². The Labute approximate surface area is 219 Å². The smallest absolute Gasteiger partial charge is 0.378 e. The maximum Gasteiger partial charge on any atom is 0.408 e. The van der Waals surface area contributed by atoms with Crippen LogP contribution in [0.25, 0.3) is 0 Å². The first-order valence-corrected chi connectivity index (χ1v) is 13.2. The van der Waals surface area contributed by atoms with Crippen LogP contribution in [0, 0.1) is 0 Å². The molecule has 0 bridgehead atoms. The molecule has 0 amide bonds. The number of ether oxygens (including phenoxy) is 1. The van der Waals surface area contributed by atoms with E-state index in [1.165, 1.54) is 11.3 Å². The first kappa shape index (κ1) is 25.5. The summed E-state index contributed by atoms with van der Waals surface area (Å²) in [4.78, 5) is 8.43. The van der Waals surface area contributed by atoms with E-state index in [4.69, 9.17) is 4.74 Å². The van der Waals surface area contributed by atoms with Crippen molar-refractivity contribution in [1.82, 2.24) is 4.98 Å². The minimum Gasteiger partial charge on any atom is -0.378 e. The fourth-order valence-corrected chi connectivity index (χ4v) is 4.33. The number of aryl methyl sites for hydroxylation is 1. The van der Waals surface area contributed by atoms with Crippen LogP contribution in [-0.2, 0) is 11.8 Å². The van der Waals surface area contributed by atoms with Gasteiger partial charge < -0.3 is 14.5 Å². The average molecular weight is 522 g/mol. The molecule has 2 aromatic carbocycles. The number of hydrogen-bond acceptors (Lipinski definition) is 10. The fraction of sp³-hybridized carbons (Fsp3) is 0.280. The lowest BCUT2D eigenvalue weighted by Crippen LogP contribution is -2.26. The number of hydrogen-bond donors (Lipinski definition) is 0. The van der Waals surface area contributed by atoms with Gasteiger partial charge in [-0.15, -0.1) is 21.6 Å². The summed E-state index contributed by atoms with van der Waals surface area (Å²) in [6.07, 6.45) is 3.69. The van der Waals surface area contributed by atoms with E-state index in [2.05, 4.69) is 61.5 Å². The zero-order valence-corrected chi connectivity index (χ0v) is 22.2. The topological polar surface area (TPSA) is 81.9 Å². The van der Waals surface area contributed by atoms with Gasteiger partial charge in [0.25, 0.3) is 0 Å². The number of thiazole rings is 2. The van der Waals surface area contributed by atoms with Crippen LogP contribution >= 0.6 is 22.7 Å². The van der Waals surface area contributed by atoms with Crippen LogP contribution in [0.5, 0.6) is 0 Å². The highest BCUT2D eigenvalue weighted by atomic mass is 32.1. The summed E-state index contributed by atoms with van der Waals surface area (Å²) in [6.45, 7) is 2.89. The van der Waals surface area contributed by atoms with Crippen molar-refractivity contribution in [2.45, 2.75) is 0 Å². The Kier molecular flexibility index (Phi) is 9.20. The zero-order valence-electron chi connectivity index (χ0n) is 20.6. The van der Waals surface area contributed by atoms with Gasteiger partial charge in [-0.05, 0) is 65.0 Å². The van der Waals surface area contributed by atoms with Gasteiger partial charge in [-0.1, -0.05) is 0 Å². The van der Waals surface area contributed by atoms with Crippen molar-refractivity contribution < 1.29 is 9.30 Å². The number of rotatable bonds is 12. The first-order chi connectivity index (χ1) is 17.6. The van der Waals surface area contributed by atoms with Crippen molar-refractivity contribution in [3.8, 4) is 0 Å². The Morgan fingerprint density at radius 3 is 1.86 bits per heavy atom. The lowest BCUT2D eigenvalue weighted by Gasteiger charge is -2.21. The number of likely N-dealkylation sites (N-methyl/N-ethyl adjacent to an activating group) is 2. The first-order valence-electron chi connectivity index (χ1n) is 11.4. The summed E-state index contributed by atoms with van der Waals surface area (Å²) in [5.74, 6) is 0. The summed E-state index contributed by atoms with van der Waals surface area (Å²) in [6, 6.07) is 16.0. The van der Waals surface area contributed by atoms with Crippen LogP contribution in [0.1, 0.15) is 0 Å². The lowest BCUT2D eigenvalue weighted by molar-refractivity contribution is -0.654. The standard InChI is InChI=1S/C25H29N8OS2/c1-31(22-8-4-20(5-9-22)27-29-24-26-12-18-35-24)13-16-34-17-14-32(2)23-10-6-21(7-11-23)28-30-25-33(3)15-19-36-25/h4-12,15,18-19H,13-14,16-17H2,1-3H3/q+1. The molecule has 11 heteroatoms. The monoisotopic (exact) mass is 521 g/mol. The van der Waals surface area contributed by atoms with Crippen molar-refractivity contribution in [3.05, 3.63) is 71.7 Å². The molecule has 0 radical (unpaired) electrons. The van der Waals surface area contributed by atoms with Crippen LogP contribution < -0.4 is 14.4 Å². The molecule has 0 aliphatic rings. The van der Waals surface area contributed by atoms with Crippen molar-refractivity contribution in [2.24, 2.45) is 27.5 Å². The van der Waals surface area contributed by atoms with Crippen LogP contribution in [0.3, 0.4) is 0 Å². The molecule has 186 valence electrons. The van der Waals surface area contributed by atoms with Gasteiger partial charge in [0.1, 0.15) is 11.9 Å². The van der Waals surface area contributed by atoms with E-state index in [1.54, 1.807) is 17.5 Å². The molecule has 0 atom stereocenters. The zero-order chi connectivity index (χ0) is 25.2. The van der Waals surface area contributed by atoms with Crippen molar-refractivity contribution >= 4 is 55.7 Å². The molecule has 9 nitrogen and oxygen atoms in total. The maximum atomic E-state index is 5.88. The van der Waals surface area contributed by atoms with Gasteiger partial charge >= 0.3 is 5.13 Å². The predicted octanol–water partition coefficient (Wildman–Crippen LogP) is 6.45. The quantitative estimate of drug-likeness (QED) is 0.122. The Morgan fingerprint density at radius 2 is 1.36 bits per heavy atom. The van der Waals surface area contributed by atoms with Gasteiger partial charge in [-0.25, -0.2) is 9.55 Å². The van der Waals surface area contributed by atoms with E-state index in [1.807, 2.05) is 65.0 Å². The number of benzene rings is 2. The van der Waals surface area contributed by atoms with Gasteiger partial charge in [-0.3, -0.25) is 0 Å². The predicted molar refractivity (Wildman–Crippen MR) is 146 cm³/mol. The average Bonchev–Trinajstić information content (AvgIpc) is 3.58. The van der Waals surface area contributed by atoms with Crippen LogP contribution in [0.15, 0.2) is 92.1 Å². The highest BCUT2D eigenvalue weighted by molar-refractivity contribution is 7.13. The van der Waals surface area contributed by atoms with Gasteiger partial charge in [0.15, 0.2) is 0 Å². The Hall–Kier alpha value is -3.54. The molecule has 0 spiro atoms. The van der Waals surface area contributed by atoms with Crippen LogP contribution in [-0.4, -0.2) is 45.4 Å². The van der Waals surface area contributed by atoms with Gasteiger partial charge in [0, 0.05) is 55.5 Å². The summed E-state index contributed by atoms with van der Waals surface area (Å²) in [5, 5.41) is 22.4. The van der Waals surface area contributed by atoms with E-state index >= 15 is 0 Å². The molecule has 2 aromatic heterocycles. The molecule has 0 saturated heterocycles. The third-order valence-corrected chi connectivity index (χ3v) is 6.90. The highest BCUT2D eigenvalue weighted by Crippen LogP contribution is 2.23. The van der Waals surface area contributed by atoms with Crippen molar-refractivity contribution in [3.63, 3.8) is 0 Å². The van der Waals surface area contributed by atoms with Gasteiger partial charge in [-0.2, -0.15) is 0 Å². The van der Waals surface area contributed by atoms with Gasteiger partial charge in [0.2, 0.25) is 5.13 Å². The largest absolute Gasteiger partial charge is 0.408 e. The Balaban J connectivity index is 1.15. The Bertz CT molecular complexity index is 1250. The second kappa shape index (κ2) is 13.0. The fourth-order valence-electron chi connectivity index (χ4n) is 3.20. The van der Waals surface area contributed by atoms with E-state index in [0.717, 1.165) is 41.0 Å². The van der Waals surface area contributed by atoms with Gasteiger partial charge in [0.05, 0.1) is 31.1 Å². The summed E-state index contributed by atoms with van der Waals surface area (Å²) < 4.78 is 7.83. The number of aromatic nitrogens is 2. The SMILES string of the molecule is CN(CCOCCN(C)c1ccc(N=Nc2scc[n+]2C)cc1)c1ccc(N=Nc2nccs2)cc1. The number of anilines is 2. The molecule has 0 aliphatic heterocycles. The van der Waals surface area contributed by atoms with Crippen LogP contribution in [0.2, 0.25) is 0 Å². The molecular weight excluding hydrogens is 492 g/mol. The number of nitrogens with zero attached hydrogens (tertiary/aromatic N) is 8. The molecule has 4 aromatic rings. The minimum atomic E-state index is 0.648. The second-order valence-corrected chi connectivity index (χ2v) is 9.75. The number of azo groups is 2. The van der Waals surface area contributed by atoms with E-state index in [0.29, 0.717) is 18.3 Å². The molecule has 36 heavy (non-hydrogen) atoms. The molecule has 2 heterocycles. The molecule has 0 unspecified atom stereocenters. The minimum absolute atomic E-state index is 0.648. The molecular formula is C25H29N8OS2+. The molecule has 0 saturated carbocycles. The van der Waals surface area contributed by atoms with E-state index in [-0.39, 0.29) is 0 Å². The van der Waals surface area contributed by atoms with E-state index < -0.39 is 0 Å². The molecule has 0 fully saturated rings. The summed E-state index contributed by atoms with van der Waals surface area (Å²) in [5.41, 5.74) is 3.85. The van der Waals surface area contributed by atoms with Crippen molar-refractivity contribution in [2.75, 3.05) is 50.2 Å². The molecule has 4 rings (SSSR count). The third kappa shape index (κ3) is 7.48. The van der Waals surface area contributed by atoms with Crippen LogP contribution in [0.4, 0.5) is 33.0 Å². The highest BCUT2D eigenvalue weighted by Gasteiger charge is 2.08. The summed E-state index contributed by atoms with van der Waals surface area (Å²) >= 11 is 3.02. The second-order valence-electron chi connectivity index (χ2n) is 8.00. The normalized spacial score (nSPS) is 11.5. The van der Waals surface area contributed by atoms with Crippen molar-refractivity contribution in [1.29, 1.82) is 0 Å². The Morgan fingerprint density at radius 1 is 0.778 bits per heavy atom. The molecule has 0 aliphatic carbocycles. The summed E-state index contributed by atoms with van der Waals surface area (Å²) in [7, 11) is 6.07. The molecule has 0 N–H and O–H groups in total. The maximum absolute atomic E-state index is 5.88.